The maximum atomic E-state index is 10.3. The summed E-state index contributed by atoms with van der Waals surface area (Å²) in [5.74, 6) is 0. The van der Waals surface area contributed by atoms with Crippen LogP contribution in [0, 0.1) is 0 Å². The van der Waals surface area contributed by atoms with Gasteiger partial charge in [0, 0.05) is 33.2 Å². The molecule has 2 saturated heterocycles. The lowest BCUT2D eigenvalue weighted by Gasteiger charge is -2.11. The number of nitrogens with one attached hydrogen (secondary N) is 2. The molecule has 0 atom stereocenters. The van der Waals surface area contributed by atoms with Gasteiger partial charge in [-0.1, -0.05) is 0 Å². The number of amides is 1. The first-order valence-corrected chi connectivity index (χ1v) is 4.60. The second kappa shape index (κ2) is 5.77. The molecule has 0 aromatic rings. The normalized spacial score (nSPS) is 21.9. The summed E-state index contributed by atoms with van der Waals surface area (Å²) in [5, 5.41) is 6.44. The third-order valence-electron chi connectivity index (χ3n) is 1.92. The molecule has 0 aromatic carbocycles. The van der Waals surface area contributed by atoms with Crippen LogP contribution in [0.15, 0.2) is 0 Å². The van der Waals surface area contributed by atoms with Gasteiger partial charge in [-0.2, -0.15) is 0 Å². The van der Waals surface area contributed by atoms with Crippen molar-refractivity contribution in [3.8, 4) is 0 Å². The molecule has 5 nitrogen and oxygen atoms in total. The minimum absolute atomic E-state index is 0.208. The number of hydrogen-bond donors (Lipinski definition) is 2. The Kier molecular flexibility index (Phi) is 4.56. The first-order chi connectivity index (χ1) is 6.30. The maximum Gasteiger partial charge on any atom is 0.409 e. The van der Waals surface area contributed by atoms with Crippen molar-refractivity contribution in [2.24, 2.45) is 0 Å². The van der Waals surface area contributed by atoms with Crippen molar-refractivity contribution in [2.45, 2.75) is 0 Å². The molecule has 0 radical (unpaired) electrons. The predicted molar refractivity (Wildman–Crippen MR) is 49.7 cm³/mol. The minimum Gasteiger partial charge on any atom is -0.448 e. The lowest BCUT2D eigenvalue weighted by molar-refractivity contribution is 0.163. The Labute approximate surface area is 78.4 Å². The molecule has 0 bridgehead atoms. The molecule has 2 N–H and O–H groups in total. The monoisotopic (exact) mass is 187 g/mol. The quantitative estimate of drug-likeness (QED) is 0.524. The predicted octanol–water partition coefficient (Wildman–Crippen LogP) is -0.752. The van der Waals surface area contributed by atoms with Gasteiger partial charge < -0.3 is 20.3 Å². The van der Waals surface area contributed by atoms with E-state index < -0.39 is 0 Å². The molecule has 2 aliphatic rings. The van der Waals surface area contributed by atoms with Gasteiger partial charge in [-0.3, -0.25) is 0 Å². The summed E-state index contributed by atoms with van der Waals surface area (Å²) in [5.41, 5.74) is 0. The summed E-state index contributed by atoms with van der Waals surface area (Å²) in [6, 6.07) is 0. The van der Waals surface area contributed by atoms with Gasteiger partial charge in [0.05, 0.1) is 6.54 Å². The van der Waals surface area contributed by atoms with Gasteiger partial charge in [0.15, 0.2) is 0 Å². The summed E-state index contributed by atoms with van der Waals surface area (Å²) in [4.78, 5) is 11.8. The van der Waals surface area contributed by atoms with Gasteiger partial charge in [0.1, 0.15) is 6.61 Å². The zero-order valence-corrected chi connectivity index (χ0v) is 8.01. The number of cyclic esters (lactones) is 1. The molecule has 2 heterocycles. The molecule has 0 saturated carbocycles. The fourth-order valence-electron chi connectivity index (χ4n) is 1.07. The highest BCUT2D eigenvalue weighted by Gasteiger charge is 2.15. The van der Waals surface area contributed by atoms with E-state index in [0.29, 0.717) is 6.61 Å². The van der Waals surface area contributed by atoms with E-state index in [2.05, 4.69) is 15.4 Å². The largest absolute Gasteiger partial charge is 0.448 e. The summed E-state index contributed by atoms with van der Waals surface area (Å²) in [6.45, 7) is 5.84. The van der Waals surface area contributed by atoms with Crippen LogP contribution in [0.4, 0.5) is 4.79 Å². The molecule has 2 rings (SSSR count). The minimum atomic E-state index is -0.208. The second-order valence-corrected chi connectivity index (χ2v) is 3.04. The number of carbonyl (C=O) groups excluding carboxylic acids is 1. The van der Waals surface area contributed by atoms with Crippen LogP contribution in [0.5, 0.6) is 0 Å². The Morgan fingerprint density at radius 1 is 1.23 bits per heavy atom. The molecule has 76 valence electrons. The molecular formula is C8H17N3O2. The van der Waals surface area contributed by atoms with Crippen molar-refractivity contribution >= 4 is 6.09 Å². The maximum absolute atomic E-state index is 10.3. The van der Waals surface area contributed by atoms with Crippen LogP contribution in [0.2, 0.25) is 0 Å². The molecule has 2 aliphatic heterocycles. The van der Waals surface area contributed by atoms with Crippen LogP contribution in [0.1, 0.15) is 0 Å². The number of rotatable bonds is 0. The number of hydrogen-bond acceptors (Lipinski definition) is 4. The fraction of sp³-hybridized carbons (Fsp3) is 0.875. The highest BCUT2D eigenvalue weighted by molar-refractivity contribution is 5.68. The molecule has 0 unspecified atom stereocenters. The van der Waals surface area contributed by atoms with Gasteiger partial charge in [-0.25, -0.2) is 4.79 Å². The smallest absolute Gasteiger partial charge is 0.409 e. The van der Waals surface area contributed by atoms with Crippen LogP contribution < -0.4 is 10.6 Å². The van der Waals surface area contributed by atoms with Gasteiger partial charge in [-0.15, -0.1) is 0 Å². The average Bonchev–Trinajstić information content (AvgIpc) is 2.55. The average molecular weight is 187 g/mol. The van der Waals surface area contributed by atoms with E-state index in [-0.39, 0.29) is 6.09 Å². The van der Waals surface area contributed by atoms with Gasteiger partial charge in [0.2, 0.25) is 0 Å². The Hall–Kier alpha value is -0.810. The van der Waals surface area contributed by atoms with E-state index in [0.717, 1.165) is 32.7 Å². The first kappa shape index (κ1) is 10.3. The number of piperazine rings is 1. The summed E-state index contributed by atoms with van der Waals surface area (Å²) in [6.07, 6.45) is -0.208. The molecule has 1 amide bonds. The lowest BCUT2D eigenvalue weighted by atomic mass is 10.4. The molecule has 5 heteroatoms. The lowest BCUT2D eigenvalue weighted by Crippen LogP contribution is -2.39. The van der Waals surface area contributed by atoms with Crippen LogP contribution >= 0.6 is 0 Å². The van der Waals surface area contributed by atoms with Crippen LogP contribution in [0.25, 0.3) is 0 Å². The van der Waals surface area contributed by atoms with Crippen LogP contribution in [0.3, 0.4) is 0 Å². The van der Waals surface area contributed by atoms with Crippen molar-refractivity contribution in [1.29, 1.82) is 0 Å². The Balaban J connectivity index is 0.000000132. The first-order valence-electron chi connectivity index (χ1n) is 4.60. The van der Waals surface area contributed by atoms with E-state index in [9.17, 15) is 4.79 Å². The van der Waals surface area contributed by atoms with Gasteiger partial charge >= 0.3 is 6.09 Å². The Morgan fingerprint density at radius 2 is 1.77 bits per heavy atom. The number of carbonyl (C=O) groups is 1. The zero-order valence-electron chi connectivity index (χ0n) is 8.01. The van der Waals surface area contributed by atoms with E-state index in [1.54, 1.807) is 11.9 Å². The summed E-state index contributed by atoms with van der Waals surface area (Å²) < 4.78 is 4.55. The van der Waals surface area contributed by atoms with E-state index in [1.165, 1.54) is 0 Å². The number of ether oxygens (including phenoxy) is 1. The van der Waals surface area contributed by atoms with E-state index in [1.807, 2.05) is 0 Å². The zero-order chi connectivity index (χ0) is 9.52. The molecule has 2 fully saturated rings. The van der Waals surface area contributed by atoms with Crippen molar-refractivity contribution in [3.63, 3.8) is 0 Å². The third kappa shape index (κ3) is 4.10. The number of nitrogens with zero attached hydrogens (tertiary/aromatic N) is 1. The summed E-state index contributed by atoms with van der Waals surface area (Å²) >= 11 is 0. The SMILES string of the molecule is C1CNCCN1.CN1CCOC1=O. The molecule has 0 spiro atoms. The van der Waals surface area contributed by atoms with E-state index >= 15 is 0 Å². The topological polar surface area (TPSA) is 53.6 Å². The fourth-order valence-corrected chi connectivity index (χ4v) is 1.07. The second-order valence-electron chi connectivity index (χ2n) is 3.04. The Morgan fingerprint density at radius 3 is 1.92 bits per heavy atom. The highest BCUT2D eigenvalue weighted by Crippen LogP contribution is 1.96. The third-order valence-corrected chi connectivity index (χ3v) is 1.92. The van der Waals surface area contributed by atoms with Gasteiger partial charge in [-0.05, 0) is 0 Å². The van der Waals surface area contributed by atoms with Crippen LogP contribution in [-0.4, -0.2) is 57.4 Å². The Bertz CT molecular complexity index is 148. The molecule has 0 aliphatic carbocycles. The van der Waals surface area contributed by atoms with Crippen molar-refractivity contribution < 1.29 is 9.53 Å². The molecule has 0 aromatic heterocycles. The highest BCUT2D eigenvalue weighted by atomic mass is 16.6. The van der Waals surface area contributed by atoms with Gasteiger partial charge in [0.25, 0.3) is 0 Å². The summed E-state index contributed by atoms with van der Waals surface area (Å²) in [7, 11) is 1.72. The van der Waals surface area contributed by atoms with Crippen molar-refractivity contribution in [3.05, 3.63) is 0 Å². The van der Waals surface area contributed by atoms with E-state index in [4.69, 9.17) is 0 Å². The van der Waals surface area contributed by atoms with Crippen LogP contribution in [-0.2, 0) is 4.74 Å². The van der Waals surface area contributed by atoms with Crippen molar-refractivity contribution in [1.82, 2.24) is 15.5 Å². The number of likely N-dealkylation sites (N-methyl/N-ethyl adjacent to an activating group) is 1. The standard InChI is InChI=1S/C4H10N2.C4H7NO2/c1-2-6-4-3-5-1;1-5-2-3-7-4(5)6/h5-6H,1-4H2;2-3H2,1H3. The van der Waals surface area contributed by atoms with Crippen molar-refractivity contribution in [2.75, 3.05) is 46.4 Å². The molecular weight excluding hydrogens is 170 g/mol. The molecule has 13 heavy (non-hydrogen) atoms.